The molecule has 0 aliphatic heterocycles. The summed E-state index contributed by atoms with van der Waals surface area (Å²) in [6, 6.07) is 0. The molecule has 2 saturated carbocycles. The molecule has 0 amide bonds. The van der Waals surface area contributed by atoms with Gasteiger partial charge in [-0.1, -0.05) is 19.8 Å². The van der Waals surface area contributed by atoms with Crippen molar-refractivity contribution in [1.82, 2.24) is 4.90 Å². The first-order valence-corrected chi connectivity index (χ1v) is 7.86. The topological polar surface area (TPSA) is 29.5 Å². The number of carbonyl (C=O) groups excluding carboxylic acids is 1. The van der Waals surface area contributed by atoms with Crippen molar-refractivity contribution in [3.63, 3.8) is 0 Å². The van der Waals surface area contributed by atoms with E-state index in [1.807, 2.05) is 0 Å². The van der Waals surface area contributed by atoms with Crippen molar-refractivity contribution in [2.45, 2.75) is 45.4 Å². The van der Waals surface area contributed by atoms with Crippen LogP contribution in [0, 0.1) is 17.3 Å². The van der Waals surface area contributed by atoms with Crippen LogP contribution >= 0.6 is 0 Å². The van der Waals surface area contributed by atoms with Gasteiger partial charge in [-0.15, -0.1) is 0 Å². The van der Waals surface area contributed by atoms with Crippen molar-refractivity contribution >= 4 is 6.29 Å². The lowest BCUT2D eigenvalue weighted by atomic mass is 9.71. The third-order valence-electron chi connectivity index (χ3n) is 4.63. The third kappa shape index (κ3) is 4.88. The van der Waals surface area contributed by atoms with Gasteiger partial charge < -0.3 is 14.4 Å². The highest BCUT2D eigenvalue weighted by Gasteiger charge is 2.35. The predicted molar refractivity (Wildman–Crippen MR) is 77.2 cm³/mol. The van der Waals surface area contributed by atoms with E-state index in [9.17, 15) is 4.79 Å². The van der Waals surface area contributed by atoms with Crippen LogP contribution < -0.4 is 0 Å². The Morgan fingerprint density at radius 1 is 1.37 bits per heavy atom. The van der Waals surface area contributed by atoms with Gasteiger partial charge in [-0.2, -0.15) is 0 Å². The van der Waals surface area contributed by atoms with E-state index in [0.29, 0.717) is 5.92 Å². The minimum absolute atomic E-state index is 0.0943. The molecule has 2 fully saturated rings. The van der Waals surface area contributed by atoms with Gasteiger partial charge >= 0.3 is 0 Å². The van der Waals surface area contributed by atoms with E-state index >= 15 is 0 Å². The molecule has 2 atom stereocenters. The first kappa shape index (κ1) is 15.0. The number of hydrogen-bond acceptors (Lipinski definition) is 3. The highest BCUT2D eigenvalue weighted by molar-refractivity contribution is 5.60. The second-order valence-electron chi connectivity index (χ2n) is 6.94. The molecule has 2 unspecified atom stereocenters. The largest absolute Gasteiger partial charge is 0.380 e. The van der Waals surface area contributed by atoms with E-state index in [2.05, 4.69) is 18.9 Å². The van der Waals surface area contributed by atoms with Crippen molar-refractivity contribution in [3.05, 3.63) is 0 Å². The lowest BCUT2D eigenvalue weighted by molar-refractivity contribution is -0.120. The van der Waals surface area contributed by atoms with Crippen LogP contribution in [-0.2, 0) is 9.53 Å². The van der Waals surface area contributed by atoms with Gasteiger partial charge in [0.25, 0.3) is 0 Å². The summed E-state index contributed by atoms with van der Waals surface area (Å²) in [5.74, 6) is 1.53. The van der Waals surface area contributed by atoms with Gasteiger partial charge in [-0.25, -0.2) is 0 Å². The molecule has 3 heteroatoms. The molecule has 0 aromatic rings. The van der Waals surface area contributed by atoms with Crippen LogP contribution in [0.3, 0.4) is 0 Å². The average molecular weight is 267 g/mol. The van der Waals surface area contributed by atoms with E-state index in [4.69, 9.17) is 4.74 Å². The summed E-state index contributed by atoms with van der Waals surface area (Å²) in [6.07, 6.45) is 8.53. The van der Waals surface area contributed by atoms with Crippen LogP contribution in [0.2, 0.25) is 0 Å². The standard InChI is InChI=1S/C16H29NO2/c1-14-4-3-7-16(10-14,13-18)12-17(2)8-9-19-11-15-5-6-15/h13-15H,3-12H2,1-2H3. The maximum absolute atomic E-state index is 11.5. The fourth-order valence-electron chi connectivity index (χ4n) is 3.36. The summed E-state index contributed by atoms with van der Waals surface area (Å²) in [5, 5.41) is 0. The molecule has 0 radical (unpaired) electrons. The van der Waals surface area contributed by atoms with E-state index < -0.39 is 0 Å². The second kappa shape index (κ2) is 6.85. The molecule has 2 aliphatic carbocycles. The van der Waals surface area contributed by atoms with Crippen LogP contribution in [-0.4, -0.2) is 44.5 Å². The summed E-state index contributed by atoms with van der Waals surface area (Å²) >= 11 is 0. The Morgan fingerprint density at radius 2 is 2.16 bits per heavy atom. The Balaban J connectivity index is 1.68. The monoisotopic (exact) mass is 267 g/mol. The van der Waals surface area contributed by atoms with Gasteiger partial charge in [-0.05, 0) is 44.6 Å². The third-order valence-corrected chi connectivity index (χ3v) is 4.63. The molecule has 2 rings (SSSR count). The molecule has 0 saturated heterocycles. The quantitative estimate of drug-likeness (QED) is 0.500. The molecule has 0 aromatic carbocycles. The maximum Gasteiger partial charge on any atom is 0.127 e. The van der Waals surface area contributed by atoms with Crippen LogP contribution in [0.15, 0.2) is 0 Å². The van der Waals surface area contributed by atoms with E-state index in [-0.39, 0.29) is 5.41 Å². The molecular weight excluding hydrogens is 238 g/mol. The van der Waals surface area contributed by atoms with Gasteiger partial charge in [0.05, 0.1) is 6.61 Å². The zero-order valence-electron chi connectivity index (χ0n) is 12.6. The molecule has 0 bridgehead atoms. The second-order valence-corrected chi connectivity index (χ2v) is 6.94. The number of likely N-dealkylation sites (N-methyl/N-ethyl adjacent to an activating group) is 1. The van der Waals surface area contributed by atoms with Crippen LogP contribution in [0.25, 0.3) is 0 Å². The molecular formula is C16H29NO2. The number of rotatable bonds is 8. The molecule has 0 aromatic heterocycles. The summed E-state index contributed by atoms with van der Waals surface area (Å²) in [4.78, 5) is 13.8. The Bertz CT molecular complexity index is 290. The molecule has 2 aliphatic rings. The van der Waals surface area contributed by atoms with Gasteiger partial charge in [0, 0.05) is 25.1 Å². The van der Waals surface area contributed by atoms with Crippen molar-refractivity contribution in [2.24, 2.45) is 17.3 Å². The lowest BCUT2D eigenvalue weighted by Gasteiger charge is -2.38. The highest BCUT2D eigenvalue weighted by Crippen LogP contribution is 2.38. The number of carbonyl (C=O) groups is 1. The Hall–Kier alpha value is -0.410. The maximum atomic E-state index is 11.5. The molecule has 0 spiro atoms. The number of hydrogen-bond donors (Lipinski definition) is 0. The van der Waals surface area contributed by atoms with Crippen molar-refractivity contribution < 1.29 is 9.53 Å². The zero-order valence-corrected chi connectivity index (χ0v) is 12.6. The molecule has 0 N–H and O–H groups in total. The SMILES string of the molecule is CC1CCCC(C=O)(CN(C)CCOCC2CC2)C1. The predicted octanol–water partition coefficient (Wildman–Crippen LogP) is 2.74. The van der Waals surface area contributed by atoms with E-state index in [1.165, 1.54) is 32.0 Å². The fraction of sp³-hybridized carbons (Fsp3) is 0.938. The molecule has 3 nitrogen and oxygen atoms in total. The van der Waals surface area contributed by atoms with E-state index in [0.717, 1.165) is 45.1 Å². The summed E-state index contributed by atoms with van der Waals surface area (Å²) in [7, 11) is 2.12. The molecule has 0 heterocycles. The first-order valence-electron chi connectivity index (χ1n) is 7.86. The summed E-state index contributed by atoms with van der Waals surface area (Å²) in [6.45, 7) is 5.85. The van der Waals surface area contributed by atoms with Crippen LogP contribution in [0.4, 0.5) is 0 Å². The van der Waals surface area contributed by atoms with Crippen LogP contribution in [0.1, 0.15) is 45.4 Å². The Morgan fingerprint density at radius 3 is 2.79 bits per heavy atom. The summed E-state index contributed by atoms with van der Waals surface area (Å²) < 4.78 is 5.68. The van der Waals surface area contributed by atoms with Gasteiger partial charge in [0.2, 0.25) is 0 Å². The highest BCUT2D eigenvalue weighted by atomic mass is 16.5. The van der Waals surface area contributed by atoms with Gasteiger partial charge in [0.15, 0.2) is 0 Å². The smallest absolute Gasteiger partial charge is 0.127 e. The number of nitrogens with zero attached hydrogens (tertiary/aromatic N) is 1. The van der Waals surface area contributed by atoms with E-state index in [1.54, 1.807) is 0 Å². The lowest BCUT2D eigenvalue weighted by Crippen LogP contribution is -2.41. The Kier molecular flexibility index (Phi) is 5.40. The molecule has 110 valence electrons. The fourth-order valence-corrected chi connectivity index (χ4v) is 3.36. The number of ether oxygens (including phenoxy) is 1. The van der Waals surface area contributed by atoms with Crippen LogP contribution in [0.5, 0.6) is 0 Å². The van der Waals surface area contributed by atoms with Crippen molar-refractivity contribution in [1.29, 1.82) is 0 Å². The minimum Gasteiger partial charge on any atom is -0.380 e. The normalized spacial score (nSPS) is 31.6. The van der Waals surface area contributed by atoms with Crippen molar-refractivity contribution in [3.8, 4) is 0 Å². The minimum atomic E-state index is -0.0943. The Labute approximate surface area is 117 Å². The number of aldehydes is 1. The van der Waals surface area contributed by atoms with Gasteiger partial charge in [-0.3, -0.25) is 0 Å². The average Bonchev–Trinajstić information content (AvgIpc) is 3.19. The molecule has 19 heavy (non-hydrogen) atoms. The zero-order chi connectivity index (χ0) is 13.7. The van der Waals surface area contributed by atoms with Gasteiger partial charge in [0.1, 0.15) is 6.29 Å². The summed E-state index contributed by atoms with van der Waals surface area (Å²) in [5.41, 5.74) is -0.0943. The van der Waals surface area contributed by atoms with Crippen molar-refractivity contribution in [2.75, 3.05) is 33.4 Å². The first-order chi connectivity index (χ1) is 9.13.